The van der Waals surface area contributed by atoms with E-state index in [4.69, 9.17) is 9.15 Å². The first kappa shape index (κ1) is 20.8. The highest BCUT2D eigenvalue weighted by atomic mass is 16.5. The van der Waals surface area contributed by atoms with Crippen LogP contribution in [0.15, 0.2) is 53.3 Å². The fourth-order valence-corrected chi connectivity index (χ4v) is 3.48. The lowest BCUT2D eigenvalue weighted by Crippen LogP contribution is -2.54. The van der Waals surface area contributed by atoms with Gasteiger partial charge in [-0.1, -0.05) is 44.2 Å². The predicted octanol–water partition coefficient (Wildman–Crippen LogP) is 2.22. The Kier molecular flexibility index (Phi) is 6.17. The maximum absolute atomic E-state index is 13.0. The summed E-state index contributed by atoms with van der Waals surface area (Å²) in [6.07, 6.45) is 2.67. The van der Waals surface area contributed by atoms with Crippen molar-refractivity contribution in [1.29, 1.82) is 0 Å². The molecule has 1 saturated heterocycles. The summed E-state index contributed by atoms with van der Waals surface area (Å²) in [5.74, 6) is -1.00. The molecule has 3 atom stereocenters. The lowest BCUT2D eigenvalue weighted by Gasteiger charge is -2.31. The van der Waals surface area contributed by atoms with Crippen LogP contribution in [0, 0.1) is 0 Å². The monoisotopic (exact) mass is 398 g/mol. The van der Waals surface area contributed by atoms with Crippen LogP contribution in [0.5, 0.6) is 0 Å². The number of ether oxygens (including phenoxy) is 1. The van der Waals surface area contributed by atoms with Gasteiger partial charge in [-0.25, -0.2) is 0 Å². The Labute approximate surface area is 169 Å². The molecule has 2 amide bonds. The number of ketones is 1. The van der Waals surface area contributed by atoms with Gasteiger partial charge in [-0.15, -0.1) is 0 Å². The molecular weight excluding hydrogens is 372 g/mol. The Morgan fingerprint density at radius 3 is 2.52 bits per heavy atom. The van der Waals surface area contributed by atoms with Crippen LogP contribution < -0.4 is 10.6 Å². The van der Waals surface area contributed by atoms with Crippen molar-refractivity contribution >= 4 is 17.6 Å². The van der Waals surface area contributed by atoms with Crippen molar-refractivity contribution < 1.29 is 23.5 Å². The van der Waals surface area contributed by atoms with E-state index in [2.05, 4.69) is 10.6 Å². The van der Waals surface area contributed by atoms with Gasteiger partial charge in [-0.05, 0) is 30.4 Å². The van der Waals surface area contributed by atoms with Crippen LogP contribution in [0.4, 0.5) is 0 Å². The number of hydrogen-bond donors (Lipinski definition) is 2. The number of benzene rings is 1. The Morgan fingerprint density at radius 2 is 1.93 bits per heavy atom. The van der Waals surface area contributed by atoms with Gasteiger partial charge >= 0.3 is 0 Å². The summed E-state index contributed by atoms with van der Waals surface area (Å²) in [5.41, 5.74) is 0.979. The summed E-state index contributed by atoms with van der Waals surface area (Å²) in [4.78, 5) is 37.6. The zero-order valence-electron chi connectivity index (χ0n) is 16.8. The molecule has 7 heteroatoms. The van der Waals surface area contributed by atoms with Gasteiger partial charge in [0.1, 0.15) is 25.0 Å². The first-order chi connectivity index (χ1) is 13.8. The second-order valence-electron chi connectivity index (χ2n) is 7.96. The van der Waals surface area contributed by atoms with Crippen LogP contribution in [0.2, 0.25) is 0 Å². The Morgan fingerprint density at radius 1 is 1.21 bits per heavy atom. The van der Waals surface area contributed by atoms with E-state index in [1.165, 1.54) is 18.6 Å². The van der Waals surface area contributed by atoms with Crippen molar-refractivity contribution in [1.82, 2.24) is 10.6 Å². The fourth-order valence-electron chi connectivity index (χ4n) is 3.48. The molecule has 1 aromatic carbocycles. The number of carbonyl (C=O) groups is 3. The number of nitrogens with one attached hydrogen (secondary N) is 2. The van der Waals surface area contributed by atoms with E-state index in [1.807, 2.05) is 44.2 Å². The number of carbonyl (C=O) groups excluding carboxylic acids is 3. The largest absolute Gasteiger partial charge is 0.472 e. The third-order valence-electron chi connectivity index (χ3n) is 5.28. The van der Waals surface area contributed by atoms with Crippen LogP contribution in [-0.2, 0) is 19.7 Å². The van der Waals surface area contributed by atoms with Crippen LogP contribution in [0.25, 0.3) is 0 Å². The molecule has 1 aromatic heterocycles. The normalized spacial score (nSPS) is 20.3. The Bertz CT molecular complexity index is 861. The Balaban J connectivity index is 1.79. The molecule has 2 aromatic rings. The van der Waals surface area contributed by atoms with Crippen molar-refractivity contribution in [3.05, 3.63) is 60.1 Å². The molecule has 0 radical (unpaired) electrons. The van der Waals surface area contributed by atoms with Gasteiger partial charge in [0.2, 0.25) is 5.91 Å². The summed E-state index contributed by atoms with van der Waals surface area (Å²) >= 11 is 0. The minimum atomic E-state index is -0.840. The summed E-state index contributed by atoms with van der Waals surface area (Å²) in [7, 11) is 0. The second kappa shape index (κ2) is 8.61. The SMILES string of the molecule is C[C@@H]1OCC(=O)[C@H]1NC(=O)C(CC(C)(C)c1ccccc1)NC(=O)c1ccoc1. The average Bonchev–Trinajstić information content (AvgIpc) is 3.34. The van der Waals surface area contributed by atoms with E-state index in [0.29, 0.717) is 12.0 Å². The Hall–Kier alpha value is -2.93. The van der Waals surface area contributed by atoms with Crippen molar-refractivity contribution in [3.8, 4) is 0 Å². The summed E-state index contributed by atoms with van der Waals surface area (Å²) in [5, 5.41) is 5.54. The molecule has 0 aliphatic carbocycles. The highest BCUT2D eigenvalue weighted by Gasteiger charge is 2.37. The minimum Gasteiger partial charge on any atom is -0.472 e. The van der Waals surface area contributed by atoms with E-state index < -0.39 is 35.4 Å². The molecule has 2 N–H and O–H groups in total. The molecule has 7 nitrogen and oxygen atoms in total. The van der Waals surface area contributed by atoms with Crippen molar-refractivity contribution in [2.75, 3.05) is 6.61 Å². The zero-order chi connectivity index (χ0) is 21.0. The van der Waals surface area contributed by atoms with Crippen molar-refractivity contribution in [3.63, 3.8) is 0 Å². The molecule has 2 heterocycles. The molecule has 1 fully saturated rings. The van der Waals surface area contributed by atoms with E-state index in [9.17, 15) is 14.4 Å². The van der Waals surface area contributed by atoms with Gasteiger partial charge in [-0.2, -0.15) is 0 Å². The third kappa shape index (κ3) is 4.92. The molecule has 0 bridgehead atoms. The molecule has 1 aliphatic rings. The first-order valence-electron chi connectivity index (χ1n) is 9.61. The van der Waals surface area contributed by atoms with E-state index >= 15 is 0 Å². The lowest BCUT2D eigenvalue weighted by molar-refractivity contribution is -0.127. The third-order valence-corrected chi connectivity index (χ3v) is 5.28. The summed E-state index contributed by atoms with van der Waals surface area (Å²) < 4.78 is 10.3. The quantitative estimate of drug-likeness (QED) is 0.745. The minimum absolute atomic E-state index is 0.0202. The predicted molar refractivity (Wildman–Crippen MR) is 106 cm³/mol. The van der Waals surface area contributed by atoms with Crippen LogP contribution in [-0.4, -0.2) is 42.4 Å². The van der Waals surface area contributed by atoms with Crippen LogP contribution >= 0.6 is 0 Å². The van der Waals surface area contributed by atoms with Gasteiger partial charge in [0.05, 0.1) is 17.9 Å². The van der Waals surface area contributed by atoms with E-state index in [1.54, 1.807) is 6.92 Å². The number of furan rings is 1. The van der Waals surface area contributed by atoms with Gasteiger partial charge < -0.3 is 19.8 Å². The smallest absolute Gasteiger partial charge is 0.255 e. The average molecular weight is 398 g/mol. The van der Waals surface area contributed by atoms with Crippen LogP contribution in [0.3, 0.4) is 0 Å². The maximum atomic E-state index is 13.0. The van der Waals surface area contributed by atoms with Crippen molar-refractivity contribution in [2.45, 2.75) is 50.8 Å². The second-order valence-corrected chi connectivity index (χ2v) is 7.96. The molecule has 29 heavy (non-hydrogen) atoms. The first-order valence-corrected chi connectivity index (χ1v) is 9.61. The van der Waals surface area contributed by atoms with Gasteiger partial charge in [0, 0.05) is 0 Å². The van der Waals surface area contributed by atoms with Gasteiger partial charge in [-0.3, -0.25) is 14.4 Å². The molecule has 0 spiro atoms. The number of Topliss-reactive ketones (excluding diaryl/α,β-unsaturated/α-hetero) is 1. The van der Waals surface area contributed by atoms with Crippen LogP contribution in [0.1, 0.15) is 43.1 Å². The highest BCUT2D eigenvalue weighted by Crippen LogP contribution is 2.28. The standard InChI is InChI=1S/C22H26N2O5/c1-14-19(18(25)13-29-14)24-21(27)17(23-20(26)15-9-10-28-12-15)11-22(2,3)16-7-5-4-6-8-16/h4-10,12,14,17,19H,11,13H2,1-3H3,(H,23,26)(H,24,27)/t14-,17?,19-/m0/s1. The van der Waals surface area contributed by atoms with Gasteiger partial charge in [0.25, 0.3) is 5.91 Å². The van der Waals surface area contributed by atoms with Crippen molar-refractivity contribution in [2.24, 2.45) is 0 Å². The maximum Gasteiger partial charge on any atom is 0.255 e. The highest BCUT2D eigenvalue weighted by molar-refractivity contribution is 5.98. The molecule has 0 saturated carbocycles. The molecule has 1 unspecified atom stereocenters. The topological polar surface area (TPSA) is 97.6 Å². The lowest BCUT2D eigenvalue weighted by atomic mass is 9.79. The molecular formula is C22H26N2O5. The fraction of sp³-hybridized carbons (Fsp3) is 0.409. The number of hydrogen-bond acceptors (Lipinski definition) is 5. The van der Waals surface area contributed by atoms with E-state index in [0.717, 1.165) is 5.56 Å². The number of rotatable bonds is 7. The summed E-state index contributed by atoms with van der Waals surface area (Å²) in [6, 6.07) is 9.76. The molecule has 1 aliphatic heterocycles. The van der Waals surface area contributed by atoms with E-state index in [-0.39, 0.29) is 12.4 Å². The summed E-state index contributed by atoms with van der Waals surface area (Å²) in [6.45, 7) is 5.74. The molecule has 154 valence electrons. The zero-order valence-corrected chi connectivity index (χ0v) is 16.8. The number of amides is 2. The van der Waals surface area contributed by atoms with Gasteiger partial charge in [0.15, 0.2) is 5.78 Å². The molecule has 3 rings (SSSR count).